The van der Waals surface area contributed by atoms with Crippen LogP contribution in [-0.4, -0.2) is 31.6 Å². The average Bonchev–Trinajstić information content (AvgIpc) is 2.94. The highest BCUT2D eigenvalue weighted by Crippen LogP contribution is 2.14. The lowest BCUT2D eigenvalue weighted by atomic mass is 10.1. The van der Waals surface area contributed by atoms with Gasteiger partial charge in [0.15, 0.2) is 5.60 Å². The molecule has 6 nitrogen and oxygen atoms in total. The molecule has 0 bridgehead atoms. The Kier molecular flexibility index (Phi) is 5.44. The highest BCUT2D eigenvalue weighted by molar-refractivity contribution is 5.96. The maximum absolute atomic E-state index is 12.3. The molecule has 2 N–H and O–H groups in total. The predicted molar refractivity (Wildman–Crippen MR) is 95.0 cm³/mol. The van der Waals surface area contributed by atoms with Crippen molar-refractivity contribution in [2.75, 3.05) is 5.32 Å². The fraction of sp³-hybridized carbons (Fsp3) is 0.167. The number of amides is 1. The van der Waals surface area contributed by atoms with Crippen molar-refractivity contribution in [2.24, 2.45) is 0 Å². The van der Waals surface area contributed by atoms with Crippen LogP contribution in [0.1, 0.15) is 18.3 Å². The maximum Gasteiger partial charge on any atom is 0.258 e. The van der Waals surface area contributed by atoms with E-state index < -0.39 is 11.5 Å². The molecule has 1 atom stereocenters. The number of carbonyl (C=O) groups is 1. The first-order valence-electron chi connectivity index (χ1n) is 7.42. The van der Waals surface area contributed by atoms with Gasteiger partial charge in [-0.3, -0.25) is 4.79 Å². The molecule has 0 saturated carbocycles. The minimum absolute atomic E-state index is 0.0889. The van der Waals surface area contributed by atoms with Gasteiger partial charge in [0.1, 0.15) is 11.4 Å². The fourth-order valence-corrected chi connectivity index (χ4v) is 2.00. The number of rotatable bonds is 7. The van der Waals surface area contributed by atoms with E-state index in [1.54, 1.807) is 48.6 Å². The molecule has 0 aliphatic carbocycles. The van der Waals surface area contributed by atoms with Crippen LogP contribution in [0.3, 0.4) is 0 Å². The molecule has 2 rings (SSSR count). The topological polar surface area (TPSA) is 80.0 Å². The van der Waals surface area contributed by atoms with Gasteiger partial charge in [0.2, 0.25) is 0 Å². The number of aliphatic hydroxyl groups is 1. The molecule has 0 saturated heterocycles. The second-order valence-electron chi connectivity index (χ2n) is 5.39. The maximum atomic E-state index is 12.3. The van der Waals surface area contributed by atoms with Crippen LogP contribution in [0.5, 0.6) is 0 Å². The van der Waals surface area contributed by atoms with Gasteiger partial charge in [-0.05, 0) is 31.2 Å². The van der Waals surface area contributed by atoms with Crippen LogP contribution in [-0.2, 0) is 11.3 Å². The number of nitrogens with zero attached hydrogens (tertiary/aromatic N) is 3. The number of hydrogen-bond donors (Lipinski definition) is 2. The van der Waals surface area contributed by atoms with Gasteiger partial charge in [-0.2, -0.15) is 15.0 Å². The van der Waals surface area contributed by atoms with E-state index in [4.69, 9.17) is 0 Å². The second-order valence-corrected chi connectivity index (χ2v) is 5.39. The Hall–Kier alpha value is -2.99. The zero-order chi connectivity index (χ0) is 17.6. The van der Waals surface area contributed by atoms with Crippen LogP contribution < -0.4 is 5.32 Å². The largest absolute Gasteiger partial charge is 0.378 e. The zero-order valence-corrected chi connectivity index (χ0v) is 13.5. The number of anilines is 1. The Labute approximate surface area is 140 Å². The van der Waals surface area contributed by atoms with E-state index in [9.17, 15) is 9.90 Å². The number of hydrogen-bond acceptors (Lipinski definition) is 4. The fourth-order valence-electron chi connectivity index (χ4n) is 2.00. The van der Waals surface area contributed by atoms with Crippen molar-refractivity contribution in [3.05, 3.63) is 67.0 Å². The van der Waals surface area contributed by atoms with Crippen LogP contribution in [0.4, 0.5) is 5.69 Å². The molecule has 0 aliphatic heterocycles. The van der Waals surface area contributed by atoms with E-state index in [0.717, 1.165) is 0 Å². The molecule has 0 aliphatic rings. The molecule has 0 unspecified atom stereocenters. The molecule has 0 radical (unpaired) electrons. The molecule has 6 heteroatoms. The lowest BCUT2D eigenvalue weighted by molar-refractivity contribution is -0.134. The van der Waals surface area contributed by atoms with E-state index in [1.807, 2.05) is 6.07 Å². The minimum atomic E-state index is -1.67. The summed E-state index contributed by atoms with van der Waals surface area (Å²) in [5.74, 6) is -0.533. The third-order valence-electron chi connectivity index (χ3n) is 3.26. The first kappa shape index (κ1) is 17.4. The number of para-hydroxylation sites is 1. The van der Waals surface area contributed by atoms with Gasteiger partial charge in [-0.15, -0.1) is 0 Å². The number of nitrogens with one attached hydrogen (secondary N) is 1. The highest BCUT2D eigenvalue weighted by Gasteiger charge is 2.32. The summed E-state index contributed by atoms with van der Waals surface area (Å²) in [6, 6.07) is 8.93. The Morgan fingerprint density at radius 3 is 2.58 bits per heavy atom. The third-order valence-corrected chi connectivity index (χ3v) is 3.26. The smallest absolute Gasteiger partial charge is 0.258 e. The normalized spacial score (nSPS) is 13.4. The average molecular weight is 324 g/mol. The van der Waals surface area contributed by atoms with E-state index >= 15 is 0 Å². The molecule has 24 heavy (non-hydrogen) atoms. The van der Waals surface area contributed by atoms with E-state index in [2.05, 4.69) is 28.7 Å². The number of benzene rings is 1. The van der Waals surface area contributed by atoms with E-state index in [1.165, 1.54) is 11.7 Å². The quantitative estimate of drug-likeness (QED) is 0.767. The molecule has 0 spiro atoms. The summed E-state index contributed by atoms with van der Waals surface area (Å²) in [7, 11) is 0. The van der Waals surface area contributed by atoms with Crippen LogP contribution in [0.25, 0.3) is 12.2 Å². The van der Waals surface area contributed by atoms with Crippen molar-refractivity contribution in [3.8, 4) is 0 Å². The van der Waals surface area contributed by atoms with E-state index in [0.29, 0.717) is 17.1 Å². The summed E-state index contributed by atoms with van der Waals surface area (Å²) in [6.45, 7) is 8.61. The van der Waals surface area contributed by atoms with Gasteiger partial charge >= 0.3 is 0 Å². The molecule has 124 valence electrons. The van der Waals surface area contributed by atoms with Crippen molar-refractivity contribution in [1.82, 2.24) is 15.0 Å². The molecule has 2 aromatic rings. The van der Waals surface area contributed by atoms with Crippen LogP contribution in [0.2, 0.25) is 0 Å². The Morgan fingerprint density at radius 2 is 1.96 bits per heavy atom. The SMILES string of the molecule is C=C/C=C\c1nn(C[C@](C)(O)C(=O)Nc2ccccc2)nc1C=C. The minimum Gasteiger partial charge on any atom is -0.378 e. The number of carbonyl (C=O) groups excluding carboxylic acids is 1. The zero-order valence-electron chi connectivity index (χ0n) is 13.5. The Balaban J connectivity index is 2.14. The summed E-state index contributed by atoms with van der Waals surface area (Å²) in [4.78, 5) is 13.6. The summed E-state index contributed by atoms with van der Waals surface area (Å²) in [6.07, 6.45) is 6.63. The standard InChI is InChI=1S/C18H20N4O2/c1-4-6-12-16-15(5-2)20-22(21-16)13-18(3,24)17(23)19-14-10-8-7-9-11-14/h4-12,24H,1-2,13H2,3H3,(H,19,23)/b12-6-/t18-/m0/s1. The number of aromatic nitrogens is 3. The van der Waals surface area contributed by atoms with Gasteiger partial charge in [-0.25, -0.2) is 0 Å². The second kappa shape index (κ2) is 7.52. The summed E-state index contributed by atoms with van der Waals surface area (Å²) < 4.78 is 0. The van der Waals surface area contributed by atoms with Crippen molar-refractivity contribution in [3.63, 3.8) is 0 Å². The van der Waals surface area contributed by atoms with Gasteiger partial charge in [0.05, 0.1) is 6.54 Å². The van der Waals surface area contributed by atoms with Crippen molar-refractivity contribution in [1.29, 1.82) is 0 Å². The predicted octanol–water partition coefficient (Wildman–Crippen LogP) is 2.51. The Bertz CT molecular complexity index is 761. The third kappa shape index (κ3) is 4.27. The van der Waals surface area contributed by atoms with Gasteiger partial charge < -0.3 is 10.4 Å². The lowest BCUT2D eigenvalue weighted by Crippen LogP contribution is -2.44. The number of allylic oxidation sites excluding steroid dienone is 2. The van der Waals surface area contributed by atoms with Crippen LogP contribution >= 0.6 is 0 Å². The Morgan fingerprint density at radius 1 is 1.29 bits per heavy atom. The van der Waals surface area contributed by atoms with Crippen LogP contribution in [0.15, 0.2) is 55.6 Å². The van der Waals surface area contributed by atoms with Gasteiger partial charge in [-0.1, -0.05) is 43.5 Å². The first-order valence-corrected chi connectivity index (χ1v) is 7.42. The van der Waals surface area contributed by atoms with Gasteiger partial charge in [0.25, 0.3) is 5.91 Å². The van der Waals surface area contributed by atoms with Crippen molar-refractivity contribution < 1.29 is 9.90 Å². The molecule has 1 heterocycles. The molecule has 1 aromatic heterocycles. The first-order chi connectivity index (χ1) is 11.5. The molecule has 0 fully saturated rings. The van der Waals surface area contributed by atoms with Crippen molar-refractivity contribution in [2.45, 2.75) is 19.1 Å². The molecule has 1 aromatic carbocycles. The summed E-state index contributed by atoms with van der Waals surface area (Å²) in [5.41, 5.74) is 0.0846. The highest BCUT2D eigenvalue weighted by atomic mass is 16.3. The lowest BCUT2D eigenvalue weighted by Gasteiger charge is -2.21. The van der Waals surface area contributed by atoms with Crippen molar-refractivity contribution >= 4 is 23.7 Å². The molecular weight excluding hydrogens is 304 g/mol. The molecular formula is C18H20N4O2. The molecule has 1 amide bonds. The summed E-state index contributed by atoms with van der Waals surface area (Å²) in [5, 5.41) is 21.6. The van der Waals surface area contributed by atoms with E-state index in [-0.39, 0.29) is 6.54 Å². The summed E-state index contributed by atoms with van der Waals surface area (Å²) >= 11 is 0. The monoisotopic (exact) mass is 324 g/mol. The van der Waals surface area contributed by atoms with Crippen LogP contribution in [0, 0.1) is 0 Å². The van der Waals surface area contributed by atoms with Gasteiger partial charge in [0, 0.05) is 5.69 Å².